The molecule has 12 heteroatoms. The lowest BCUT2D eigenvalue weighted by Crippen LogP contribution is -2.43. The Morgan fingerprint density at radius 2 is 1.92 bits per heavy atom. The number of aliphatic hydroxyl groups is 1. The fraction of sp³-hybridized carbons (Fsp3) is 0.360. The minimum absolute atomic E-state index is 0.0797. The van der Waals surface area contributed by atoms with Crippen LogP contribution in [-0.4, -0.2) is 49.9 Å². The maximum Gasteiger partial charge on any atom is 0.416 e. The van der Waals surface area contributed by atoms with E-state index >= 15 is 0 Å². The smallest absolute Gasteiger partial charge is 0.382 e. The molecule has 1 saturated heterocycles. The molecule has 1 N–H and O–H groups in total. The Morgan fingerprint density at radius 3 is 2.57 bits per heavy atom. The summed E-state index contributed by atoms with van der Waals surface area (Å²) in [7, 11) is 0. The van der Waals surface area contributed by atoms with Gasteiger partial charge in [0.2, 0.25) is 0 Å². The SMILES string of the molecule is C[C@@H](SC1COC(/C=C/c2cccc(C(F)(F)F)c2)OC1)[C@](O)(Cn1cncn1)c1ccc(F)cc1F. The topological polar surface area (TPSA) is 69.4 Å². The van der Waals surface area contributed by atoms with Gasteiger partial charge in [-0.25, -0.2) is 18.4 Å². The summed E-state index contributed by atoms with van der Waals surface area (Å²) in [6.07, 6.45) is 0.492. The molecule has 1 aromatic heterocycles. The van der Waals surface area contributed by atoms with Crippen molar-refractivity contribution in [3.05, 3.63) is 89.5 Å². The van der Waals surface area contributed by atoms with Crippen LogP contribution in [0, 0.1) is 11.6 Å². The lowest BCUT2D eigenvalue weighted by molar-refractivity contribution is -0.146. The molecule has 0 saturated carbocycles. The van der Waals surface area contributed by atoms with Crippen LogP contribution in [0.25, 0.3) is 6.08 Å². The lowest BCUT2D eigenvalue weighted by Gasteiger charge is -2.37. The van der Waals surface area contributed by atoms with Crippen molar-refractivity contribution in [1.82, 2.24) is 14.8 Å². The first-order valence-electron chi connectivity index (χ1n) is 11.3. The van der Waals surface area contributed by atoms with Gasteiger partial charge in [-0.3, -0.25) is 0 Å². The zero-order valence-corrected chi connectivity index (χ0v) is 20.4. The summed E-state index contributed by atoms with van der Waals surface area (Å²) >= 11 is 1.31. The molecule has 198 valence electrons. The van der Waals surface area contributed by atoms with E-state index in [1.807, 2.05) is 0 Å². The van der Waals surface area contributed by atoms with E-state index in [4.69, 9.17) is 9.47 Å². The summed E-state index contributed by atoms with van der Waals surface area (Å²) in [6.45, 7) is 2.03. The van der Waals surface area contributed by atoms with Gasteiger partial charge in [-0.2, -0.15) is 18.3 Å². The number of hydrogen-bond donors (Lipinski definition) is 1. The van der Waals surface area contributed by atoms with Gasteiger partial charge in [0.1, 0.15) is 29.9 Å². The largest absolute Gasteiger partial charge is 0.416 e. The number of rotatable bonds is 8. The normalized spacial score (nSPS) is 21.2. The van der Waals surface area contributed by atoms with Crippen LogP contribution >= 0.6 is 11.8 Å². The molecule has 0 unspecified atom stereocenters. The predicted molar refractivity (Wildman–Crippen MR) is 127 cm³/mol. The number of hydrogen-bond acceptors (Lipinski definition) is 6. The molecule has 1 aliphatic rings. The number of ether oxygens (including phenoxy) is 2. The molecular weight excluding hydrogens is 517 g/mol. The number of alkyl halides is 3. The Morgan fingerprint density at radius 1 is 1.16 bits per heavy atom. The van der Waals surface area contributed by atoms with Crippen LogP contribution in [0.15, 0.2) is 61.2 Å². The number of benzene rings is 2. The molecular formula is C25H24F5N3O3S. The van der Waals surface area contributed by atoms with Gasteiger partial charge in [0.15, 0.2) is 6.29 Å². The van der Waals surface area contributed by atoms with Gasteiger partial charge >= 0.3 is 6.18 Å². The lowest BCUT2D eigenvalue weighted by atomic mass is 9.90. The van der Waals surface area contributed by atoms with Gasteiger partial charge in [0.05, 0.1) is 30.6 Å². The molecule has 37 heavy (non-hydrogen) atoms. The first kappa shape index (κ1) is 27.2. The summed E-state index contributed by atoms with van der Waals surface area (Å²) in [5, 5.41) is 14.8. The number of halogens is 5. The van der Waals surface area contributed by atoms with Crippen LogP contribution < -0.4 is 0 Å². The van der Waals surface area contributed by atoms with Crippen molar-refractivity contribution < 1.29 is 36.5 Å². The molecule has 2 aromatic carbocycles. The van der Waals surface area contributed by atoms with E-state index < -0.39 is 40.5 Å². The van der Waals surface area contributed by atoms with Crippen molar-refractivity contribution in [2.24, 2.45) is 0 Å². The standard InChI is InChI=1S/C25H24F5N3O3S/c1-16(24(34,13-33-15-31-14-32-33)21-7-6-19(26)10-22(21)27)37-20-11-35-23(36-12-20)8-5-17-3-2-4-18(9-17)25(28,29)30/h2-10,14-16,20,23,34H,11-13H2,1H3/b8-5+/t16-,20?,23?,24-/m1/s1. The number of nitrogens with zero attached hydrogens (tertiary/aromatic N) is 3. The number of thioether (sulfide) groups is 1. The second-order valence-corrected chi connectivity index (χ2v) is 10.2. The Bertz CT molecular complexity index is 1220. The maximum absolute atomic E-state index is 14.7. The van der Waals surface area contributed by atoms with E-state index in [1.54, 1.807) is 13.0 Å². The van der Waals surface area contributed by atoms with Crippen molar-refractivity contribution in [2.45, 2.75) is 42.0 Å². The Labute approximate surface area is 214 Å². The average molecular weight is 542 g/mol. The summed E-state index contributed by atoms with van der Waals surface area (Å²) in [6, 6.07) is 7.90. The van der Waals surface area contributed by atoms with Gasteiger partial charge in [0, 0.05) is 16.9 Å². The average Bonchev–Trinajstić information content (AvgIpc) is 3.36. The number of aromatic nitrogens is 3. The first-order chi connectivity index (χ1) is 17.5. The van der Waals surface area contributed by atoms with E-state index in [2.05, 4.69) is 10.1 Å². The van der Waals surface area contributed by atoms with Gasteiger partial charge in [-0.15, -0.1) is 11.8 Å². The summed E-state index contributed by atoms with van der Waals surface area (Å²) in [5.41, 5.74) is -2.24. The van der Waals surface area contributed by atoms with Gasteiger partial charge < -0.3 is 14.6 Å². The van der Waals surface area contributed by atoms with Crippen LogP contribution in [0.2, 0.25) is 0 Å². The highest BCUT2D eigenvalue weighted by atomic mass is 32.2. The van der Waals surface area contributed by atoms with Gasteiger partial charge in [0.25, 0.3) is 0 Å². The summed E-state index contributed by atoms with van der Waals surface area (Å²) in [4.78, 5) is 3.85. The van der Waals surface area contributed by atoms with E-state index in [-0.39, 0.29) is 30.6 Å². The zero-order chi connectivity index (χ0) is 26.6. The van der Waals surface area contributed by atoms with Crippen molar-refractivity contribution in [2.75, 3.05) is 13.2 Å². The summed E-state index contributed by atoms with van der Waals surface area (Å²) < 4.78 is 79.7. The van der Waals surface area contributed by atoms with E-state index in [1.165, 1.54) is 53.4 Å². The fourth-order valence-electron chi connectivity index (χ4n) is 3.93. The Balaban J connectivity index is 1.40. The Kier molecular flexibility index (Phi) is 8.32. The molecule has 0 aliphatic carbocycles. The minimum Gasteiger partial charge on any atom is -0.382 e. The maximum atomic E-state index is 14.7. The molecule has 6 nitrogen and oxygen atoms in total. The molecule has 0 bridgehead atoms. The highest BCUT2D eigenvalue weighted by molar-refractivity contribution is 8.00. The highest BCUT2D eigenvalue weighted by Gasteiger charge is 2.41. The third-order valence-corrected chi connectivity index (χ3v) is 7.34. The molecule has 0 spiro atoms. The van der Waals surface area contributed by atoms with Crippen LogP contribution in [-0.2, 0) is 27.8 Å². The third-order valence-electron chi connectivity index (χ3n) is 5.89. The van der Waals surface area contributed by atoms with E-state index in [9.17, 15) is 27.1 Å². The van der Waals surface area contributed by atoms with Crippen LogP contribution in [0.3, 0.4) is 0 Å². The second-order valence-electron chi connectivity index (χ2n) is 8.56. The monoisotopic (exact) mass is 541 g/mol. The van der Waals surface area contributed by atoms with Crippen molar-refractivity contribution in [3.8, 4) is 0 Å². The van der Waals surface area contributed by atoms with Crippen LogP contribution in [0.1, 0.15) is 23.6 Å². The van der Waals surface area contributed by atoms with Gasteiger partial charge in [-0.1, -0.05) is 31.2 Å². The fourth-order valence-corrected chi connectivity index (χ4v) is 5.25. The van der Waals surface area contributed by atoms with Gasteiger partial charge in [-0.05, 0) is 29.8 Å². The molecule has 1 aliphatic heterocycles. The van der Waals surface area contributed by atoms with Crippen molar-refractivity contribution >= 4 is 17.8 Å². The molecule has 3 aromatic rings. The molecule has 2 atom stereocenters. The third kappa shape index (κ3) is 6.75. The molecule has 1 fully saturated rings. The predicted octanol–water partition coefficient (Wildman–Crippen LogP) is 5.04. The quantitative estimate of drug-likeness (QED) is 0.403. The first-order valence-corrected chi connectivity index (χ1v) is 12.2. The van der Waals surface area contributed by atoms with Crippen LogP contribution in [0.4, 0.5) is 22.0 Å². The van der Waals surface area contributed by atoms with E-state index in [0.29, 0.717) is 11.6 Å². The molecule has 4 rings (SSSR count). The molecule has 0 amide bonds. The van der Waals surface area contributed by atoms with Crippen molar-refractivity contribution in [1.29, 1.82) is 0 Å². The molecule has 2 heterocycles. The van der Waals surface area contributed by atoms with E-state index in [0.717, 1.165) is 18.2 Å². The van der Waals surface area contributed by atoms with Crippen molar-refractivity contribution in [3.63, 3.8) is 0 Å². The van der Waals surface area contributed by atoms with Crippen LogP contribution in [0.5, 0.6) is 0 Å². The highest BCUT2D eigenvalue weighted by Crippen LogP contribution is 2.38. The molecule has 0 radical (unpaired) electrons. The zero-order valence-electron chi connectivity index (χ0n) is 19.6. The minimum atomic E-state index is -4.44. The Hall–Kier alpha value is -2.80. The summed E-state index contributed by atoms with van der Waals surface area (Å²) in [5.74, 6) is -1.64. The second kappa shape index (κ2) is 11.3.